The molecule has 7 heteroatoms. The number of hydrogen-bond donors (Lipinski definition) is 2. The molecular weight excluding hydrogens is 314 g/mol. The lowest BCUT2D eigenvalue weighted by atomic mass is 9.85. The Morgan fingerprint density at radius 2 is 1.39 bits per heavy atom. The zero-order valence-corrected chi connectivity index (χ0v) is 11.7. The molecule has 3 nitrogen and oxygen atoms in total. The molecule has 23 heavy (non-hydrogen) atoms. The summed E-state index contributed by atoms with van der Waals surface area (Å²) in [7, 11) is 0. The number of carboxylic acids is 1. The van der Waals surface area contributed by atoms with Crippen LogP contribution in [0.25, 0.3) is 0 Å². The van der Waals surface area contributed by atoms with Gasteiger partial charge < -0.3 is 10.8 Å². The third-order valence-corrected chi connectivity index (χ3v) is 3.47. The fourth-order valence-corrected chi connectivity index (χ4v) is 2.30. The molecule has 0 fully saturated rings. The first kappa shape index (κ1) is 17.0. The molecule has 0 aliphatic carbocycles. The van der Waals surface area contributed by atoms with Gasteiger partial charge in [-0.3, -0.25) is 4.79 Å². The van der Waals surface area contributed by atoms with Crippen LogP contribution in [0.5, 0.6) is 0 Å². The Morgan fingerprint density at radius 3 is 1.78 bits per heavy atom. The second kappa shape index (κ2) is 6.37. The highest BCUT2D eigenvalue weighted by Crippen LogP contribution is 2.32. The molecule has 0 aromatic heterocycles. The molecule has 122 valence electrons. The van der Waals surface area contributed by atoms with Crippen molar-refractivity contribution in [3.63, 3.8) is 0 Å². The van der Waals surface area contributed by atoms with Gasteiger partial charge in [-0.05, 0) is 35.4 Å². The minimum Gasteiger partial charge on any atom is -0.480 e. The van der Waals surface area contributed by atoms with Crippen molar-refractivity contribution in [1.82, 2.24) is 0 Å². The van der Waals surface area contributed by atoms with Crippen LogP contribution in [0.3, 0.4) is 0 Å². The Morgan fingerprint density at radius 1 is 0.957 bits per heavy atom. The highest BCUT2D eigenvalue weighted by Gasteiger charge is 2.32. The molecule has 3 N–H and O–H groups in total. The smallest absolute Gasteiger partial charge is 0.416 e. The highest BCUT2D eigenvalue weighted by molar-refractivity contribution is 5.75. The first-order valence-corrected chi connectivity index (χ1v) is 6.61. The summed E-state index contributed by atoms with van der Waals surface area (Å²) >= 11 is 0. The van der Waals surface area contributed by atoms with Crippen LogP contribution >= 0.6 is 0 Å². The molecule has 0 spiro atoms. The van der Waals surface area contributed by atoms with E-state index < -0.39 is 35.5 Å². The van der Waals surface area contributed by atoms with Crippen molar-refractivity contribution < 1.29 is 27.5 Å². The maximum Gasteiger partial charge on any atom is 0.416 e. The minimum atomic E-state index is -4.49. The van der Waals surface area contributed by atoms with E-state index in [9.17, 15) is 22.4 Å². The molecule has 2 aromatic rings. The second-order valence-electron chi connectivity index (χ2n) is 5.01. The standard InChI is InChI=1S/C16H13F4NO2/c17-12-7-3-10(4-8-12)13(14(21)15(22)23)9-1-5-11(6-2-9)16(18,19)20/h1-8,13-14H,21H2,(H,22,23)/t13-,14+/m1/s1. The summed E-state index contributed by atoms with van der Waals surface area (Å²) in [6.07, 6.45) is -4.49. The van der Waals surface area contributed by atoms with E-state index in [-0.39, 0.29) is 0 Å². The summed E-state index contributed by atoms with van der Waals surface area (Å²) in [5.41, 5.74) is 5.54. The first-order chi connectivity index (χ1) is 10.7. The molecule has 0 heterocycles. The molecule has 0 saturated heterocycles. The predicted octanol–water partition coefficient (Wildman–Crippen LogP) is 3.39. The van der Waals surface area contributed by atoms with Gasteiger partial charge >= 0.3 is 12.1 Å². The number of rotatable bonds is 4. The Kier molecular flexibility index (Phi) is 4.70. The average molecular weight is 327 g/mol. The largest absolute Gasteiger partial charge is 0.480 e. The molecule has 0 aliphatic rings. The monoisotopic (exact) mass is 327 g/mol. The van der Waals surface area contributed by atoms with Crippen molar-refractivity contribution in [3.8, 4) is 0 Å². The highest BCUT2D eigenvalue weighted by atomic mass is 19.4. The van der Waals surface area contributed by atoms with E-state index in [0.717, 1.165) is 24.3 Å². The number of carbonyl (C=O) groups is 1. The molecule has 2 rings (SSSR count). The lowest BCUT2D eigenvalue weighted by molar-refractivity contribution is -0.139. The molecule has 0 radical (unpaired) electrons. The van der Waals surface area contributed by atoms with E-state index in [1.54, 1.807) is 0 Å². The summed E-state index contributed by atoms with van der Waals surface area (Å²) in [6.45, 7) is 0. The lowest BCUT2D eigenvalue weighted by Gasteiger charge is -2.22. The van der Waals surface area contributed by atoms with E-state index in [0.29, 0.717) is 11.1 Å². The summed E-state index contributed by atoms with van der Waals surface area (Å²) in [4.78, 5) is 11.2. The number of halogens is 4. The normalized spacial score (nSPS) is 14.3. The molecule has 2 aromatic carbocycles. The van der Waals surface area contributed by atoms with Gasteiger partial charge in [-0.25, -0.2) is 4.39 Å². The van der Waals surface area contributed by atoms with Crippen LogP contribution < -0.4 is 5.73 Å². The second-order valence-corrected chi connectivity index (χ2v) is 5.01. The zero-order valence-electron chi connectivity index (χ0n) is 11.7. The Hall–Kier alpha value is -2.41. The molecule has 0 aliphatic heterocycles. The van der Waals surface area contributed by atoms with Gasteiger partial charge in [0.2, 0.25) is 0 Å². The molecule has 0 bridgehead atoms. The first-order valence-electron chi connectivity index (χ1n) is 6.61. The number of aliphatic carboxylic acids is 1. The van der Waals surface area contributed by atoms with E-state index in [4.69, 9.17) is 10.8 Å². The van der Waals surface area contributed by atoms with Crippen molar-refractivity contribution in [1.29, 1.82) is 0 Å². The van der Waals surface area contributed by atoms with Gasteiger partial charge in [0.15, 0.2) is 0 Å². The van der Waals surface area contributed by atoms with Crippen molar-refractivity contribution in [2.24, 2.45) is 5.73 Å². The number of carboxylic acid groups (broad SMARTS) is 1. The summed E-state index contributed by atoms with van der Waals surface area (Å²) in [6, 6.07) is 7.71. The minimum absolute atomic E-state index is 0.305. The Labute approximate surface area is 129 Å². The molecular formula is C16H13F4NO2. The third kappa shape index (κ3) is 3.87. The zero-order chi connectivity index (χ0) is 17.2. The Bertz CT molecular complexity index is 681. The van der Waals surface area contributed by atoms with Crippen LogP contribution in [0.15, 0.2) is 48.5 Å². The quantitative estimate of drug-likeness (QED) is 0.846. The van der Waals surface area contributed by atoms with Gasteiger partial charge in [0, 0.05) is 5.92 Å². The molecule has 0 unspecified atom stereocenters. The van der Waals surface area contributed by atoms with Crippen molar-refractivity contribution >= 4 is 5.97 Å². The van der Waals surface area contributed by atoms with Crippen molar-refractivity contribution in [3.05, 3.63) is 71.0 Å². The number of nitrogens with two attached hydrogens (primary N) is 1. The van der Waals surface area contributed by atoms with Crippen LogP contribution in [0.2, 0.25) is 0 Å². The molecule has 0 saturated carbocycles. The van der Waals surface area contributed by atoms with Crippen LogP contribution in [0, 0.1) is 5.82 Å². The predicted molar refractivity (Wildman–Crippen MR) is 75.3 cm³/mol. The summed E-state index contributed by atoms with van der Waals surface area (Å²) in [5.74, 6) is -2.71. The van der Waals surface area contributed by atoms with Gasteiger partial charge in [-0.15, -0.1) is 0 Å². The SMILES string of the molecule is N[C@H](C(=O)O)[C@@H](c1ccc(F)cc1)c1ccc(C(F)(F)F)cc1. The topological polar surface area (TPSA) is 63.3 Å². The molecule has 2 atom stereocenters. The molecule has 0 amide bonds. The van der Waals surface area contributed by atoms with Crippen LogP contribution in [0.4, 0.5) is 17.6 Å². The fourth-order valence-electron chi connectivity index (χ4n) is 2.30. The number of hydrogen-bond acceptors (Lipinski definition) is 2. The van der Waals surface area contributed by atoms with Gasteiger partial charge in [-0.1, -0.05) is 24.3 Å². The summed E-state index contributed by atoms with van der Waals surface area (Å²) < 4.78 is 50.9. The van der Waals surface area contributed by atoms with Crippen molar-refractivity contribution in [2.75, 3.05) is 0 Å². The van der Waals surface area contributed by atoms with Crippen LogP contribution in [-0.2, 0) is 11.0 Å². The number of benzene rings is 2. The van der Waals surface area contributed by atoms with Gasteiger partial charge in [0.25, 0.3) is 0 Å². The summed E-state index contributed by atoms with van der Waals surface area (Å²) in [5, 5.41) is 9.13. The van der Waals surface area contributed by atoms with E-state index in [2.05, 4.69) is 0 Å². The van der Waals surface area contributed by atoms with Gasteiger partial charge in [0.1, 0.15) is 11.9 Å². The van der Waals surface area contributed by atoms with E-state index in [1.807, 2.05) is 0 Å². The number of alkyl halides is 3. The van der Waals surface area contributed by atoms with Crippen molar-refractivity contribution in [2.45, 2.75) is 18.1 Å². The fraction of sp³-hybridized carbons (Fsp3) is 0.188. The average Bonchev–Trinajstić information content (AvgIpc) is 2.49. The van der Waals surface area contributed by atoms with Gasteiger partial charge in [0.05, 0.1) is 5.56 Å². The maximum absolute atomic E-state index is 13.0. The third-order valence-electron chi connectivity index (χ3n) is 3.47. The van der Waals surface area contributed by atoms with E-state index in [1.165, 1.54) is 24.3 Å². The van der Waals surface area contributed by atoms with Crippen LogP contribution in [-0.4, -0.2) is 17.1 Å². The van der Waals surface area contributed by atoms with Crippen LogP contribution in [0.1, 0.15) is 22.6 Å². The van der Waals surface area contributed by atoms with E-state index >= 15 is 0 Å². The lowest BCUT2D eigenvalue weighted by Crippen LogP contribution is -2.37. The maximum atomic E-state index is 13.0. The van der Waals surface area contributed by atoms with Gasteiger partial charge in [-0.2, -0.15) is 13.2 Å². The Balaban J connectivity index is 2.45.